The largest absolute Gasteiger partial charge is 0.493 e. The molecule has 156 valence electrons. The lowest BCUT2D eigenvalue weighted by Gasteiger charge is -2.15. The Morgan fingerprint density at radius 3 is 2.37 bits per heavy atom. The Kier molecular flexibility index (Phi) is 7.03. The molecule has 3 aromatic carbocycles. The minimum Gasteiger partial charge on any atom is -0.493 e. The molecule has 3 aromatic rings. The summed E-state index contributed by atoms with van der Waals surface area (Å²) in [4.78, 5) is 10.3. The van der Waals surface area contributed by atoms with Crippen LogP contribution in [-0.2, 0) is 13.2 Å². The summed E-state index contributed by atoms with van der Waals surface area (Å²) in [6.07, 6.45) is 0. The summed E-state index contributed by atoms with van der Waals surface area (Å²) in [6.45, 7) is 2.68. The van der Waals surface area contributed by atoms with Gasteiger partial charge in [-0.1, -0.05) is 29.3 Å². The monoisotopic (exact) mass is 446 g/mol. The standard InChI is InChI=1S/C22H20Cl2N2O4/c1-14-3-6-17(11-19(14)23)25-12-16-9-20(24)22(21(10-16)29-2)30-13-15-4-7-18(8-5-15)26(27)28/h3-11,25H,12-13H2,1-2H3. The van der Waals surface area contributed by atoms with Gasteiger partial charge in [-0.25, -0.2) is 0 Å². The number of nitrogens with one attached hydrogen (secondary N) is 1. The van der Waals surface area contributed by atoms with Crippen LogP contribution in [0, 0.1) is 17.0 Å². The molecule has 0 unspecified atom stereocenters. The van der Waals surface area contributed by atoms with Crippen molar-refractivity contribution in [2.45, 2.75) is 20.1 Å². The average Bonchev–Trinajstić information content (AvgIpc) is 2.73. The van der Waals surface area contributed by atoms with E-state index in [1.807, 2.05) is 31.2 Å². The smallest absolute Gasteiger partial charge is 0.269 e. The van der Waals surface area contributed by atoms with E-state index in [-0.39, 0.29) is 12.3 Å². The second-order valence-electron chi connectivity index (χ2n) is 6.64. The van der Waals surface area contributed by atoms with Crippen LogP contribution in [0.15, 0.2) is 54.6 Å². The lowest BCUT2D eigenvalue weighted by atomic mass is 10.1. The van der Waals surface area contributed by atoms with Gasteiger partial charge in [-0.05, 0) is 60.0 Å². The zero-order chi connectivity index (χ0) is 21.7. The first-order valence-electron chi connectivity index (χ1n) is 9.10. The number of nitro benzene ring substituents is 1. The van der Waals surface area contributed by atoms with Crippen LogP contribution < -0.4 is 14.8 Å². The van der Waals surface area contributed by atoms with Gasteiger partial charge >= 0.3 is 0 Å². The molecule has 0 spiro atoms. The van der Waals surface area contributed by atoms with Crippen LogP contribution in [-0.4, -0.2) is 12.0 Å². The van der Waals surface area contributed by atoms with Crippen LogP contribution >= 0.6 is 23.2 Å². The third kappa shape index (κ3) is 5.34. The molecule has 0 amide bonds. The van der Waals surface area contributed by atoms with Crippen LogP contribution in [0.2, 0.25) is 10.0 Å². The van der Waals surface area contributed by atoms with Gasteiger partial charge in [-0.15, -0.1) is 0 Å². The number of rotatable bonds is 8. The summed E-state index contributed by atoms with van der Waals surface area (Å²) in [5.74, 6) is 0.919. The molecule has 8 heteroatoms. The van der Waals surface area contributed by atoms with E-state index in [1.54, 1.807) is 25.3 Å². The van der Waals surface area contributed by atoms with Crippen LogP contribution in [0.3, 0.4) is 0 Å². The van der Waals surface area contributed by atoms with Crippen molar-refractivity contribution >= 4 is 34.6 Å². The zero-order valence-electron chi connectivity index (χ0n) is 16.4. The molecule has 0 saturated heterocycles. The number of ether oxygens (including phenoxy) is 2. The first-order chi connectivity index (χ1) is 14.4. The van der Waals surface area contributed by atoms with Crippen LogP contribution in [0.25, 0.3) is 0 Å². The molecule has 6 nitrogen and oxygen atoms in total. The predicted molar refractivity (Wildman–Crippen MR) is 119 cm³/mol. The van der Waals surface area contributed by atoms with Crippen LogP contribution in [0.1, 0.15) is 16.7 Å². The normalized spacial score (nSPS) is 10.5. The maximum Gasteiger partial charge on any atom is 0.269 e. The van der Waals surface area contributed by atoms with E-state index in [0.717, 1.165) is 22.4 Å². The first-order valence-corrected chi connectivity index (χ1v) is 9.85. The highest BCUT2D eigenvalue weighted by Crippen LogP contribution is 2.37. The number of nitrogens with zero attached hydrogens (tertiary/aromatic N) is 1. The Labute approximate surface area is 184 Å². The quantitative estimate of drug-likeness (QED) is 0.319. The third-order valence-electron chi connectivity index (χ3n) is 4.49. The maximum absolute atomic E-state index is 10.8. The minimum atomic E-state index is -0.443. The Bertz CT molecular complexity index is 1060. The number of nitro groups is 1. The highest BCUT2D eigenvalue weighted by molar-refractivity contribution is 6.32. The summed E-state index contributed by atoms with van der Waals surface area (Å²) >= 11 is 12.6. The van der Waals surface area contributed by atoms with Crippen LogP contribution in [0.4, 0.5) is 11.4 Å². The van der Waals surface area contributed by atoms with E-state index < -0.39 is 4.92 Å². The van der Waals surface area contributed by atoms with E-state index in [4.69, 9.17) is 32.7 Å². The molecule has 3 rings (SSSR count). The molecule has 0 radical (unpaired) electrons. The number of hydrogen-bond donors (Lipinski definition) is 1. The van der Waals surface area contributed by atoms with Crippen molar-refractivity contribution in [3.63, 3.8) is 0 Å². The highest BCUT2D eigenvalue weighted by atomic mass is 35.5. The molecule has 0 atom stereocenters. The molecule has 0 heterocycles. The fourth-order valence-corrected chi connectivity index (χ4v) is 3.26. The van der Waals surface area contributed by atoms with E-state index in [2.05, 4.69) is 5.32 Å². The van der Waals surface area contributed by atoms with Crippen molar-refractivity contribution in [1.29, 1.82) is 0 Å². The number of aryl methyl sites for hydroxylation is 1. The summed E-state index contributed by atoms with van der Waals surface area (Å²) in [7, 11) is 1.54. The summed E-state index contributed by atoms with van der Waals surface area (Å²) < 4.78 is 11.3. The Morgan fingerprint density at radius 1 is 1.00 bits per heavy atom. The molecule has 0 aromatic heterocycles. The fraction of sp³-hybridized carbons (Fsp3) is 0.182. The van der Waals surface area contributed by atoms with Crippen molar-refractivity contribution in [2.75, 3.05) is 12.4 Å². The van der Waals surface area contributed by atoms with Gasteiger partial charge in [0.2, 0.25) is 0 Å². The Hall–Kier alpha value is -2.96. The maximum atomic E-state index is 10.8. The van der Waals surface area contributed by atoms with Crippen molar-refractivity contribution in [3.8, 4) is 11.5 Å². The molecule has 0 bridgehead atoms. The minimum absolute atomic E-state index is 0.0288. The number of benzene rings is 3. The second kappa shape index (κ2) is 9.69. The number of methoxy groups -OCH3 is 1. The number of non-ortho nitro benzene ring substituents is 1. The molecule has 30 heavy (non-hydrogen) atoms. The molecule has 0 saturated carbocycles. The number of hydrogen-bond acceptors (Lipinski definition) is 5. The van der Waals surface area contributed by atoms with Crippen molar-refractivity contribution < 1.29 is 14.4 Å². The predicted octanol–water partition coefficient (Wildman–Crippen LogP) is 6.41. The van der Waals surface area contributed by atoms with E-state index >= 15 is 0 Å². The van der Waals surface area contributed by atoms with Crippen molar-refractivity contribution in [2.24, 2.45) is 0 Å². The average molecular weight is 447 g/mol. The molecule has 0 aliphatic carbocycles. The summed E-state index contributed by atoms with van der Waals surface area (Å²) in [5.41, 5.74) is 3.64. The van der Waals surface area contributed by atoms with Gasteiger partial charge in [0.05, 0.1) is 17.1 Å². The van der Waals surface area contributed by atoms with Gasteiger partial charge in [0.25, 0.3) is 5.69 Å². The fourth-order valence-electron chi connectivity index (χ4n) is 2.79. The van der Waals surface area contributed by atoms with Gasteiger partial charge in [0.15, 0.2) is 11.5 Å². The topological polar surface area (TPSA) is 73.6 Å². The van der Waals surface area contributed by atoms with E-state index in [9.17, 15) is 10.1 Å². The van der Waals surface area contributed by atoms with E-state index in [1.165, 1.54) is 12.1 Å². The highest BCUT2D eigenvalue weighted by Gasteiger charge is 2.13. The van der Waals surface area contributed by atoms with Gasteiger partial charge in [0, 0.05) is 29.4 Å². The number of halogens is 2. The Balaban J connectivity index is 1.70. The van der Waals surface area contributed by atoms with Gasteiger partial charge in [0.1, 0.15) is 6.61 Å². The lowest BCUT2D eigenvalue weighted by molar-refractivity contribution is -0.384. The molecular weight excluding hydrogens is 427 g/mol. The lowest BCUT2D eigenvalue weighted by Crippen LogP contribution is -2.03. The van der Waals surface area contributed by atoms with Crippen molar-refractivity contribution in [1.82, 2.24) is 0 Å². The molecule has 1 N–H and O–H groups in total. The van der Waals surface area contributed by atoms with E-state index in [0.29, 0.717) is 28.1 Å². The molecule has 0 aliphatic rings. The SMILES string of the molecule is COc1cc(CNc2ccc(C)c(Cl)c2)cc(Cl)c1OCc1ccc([N+](=O)[O-])cc1. The zero-order valence-corrected chi connectivity index (χ0v) is 18.0. The molecule has 0 fully saturated rings. The van der Waals surface area contributed by atoms with Gasteiger partial charge < -0.3 is 14.8 Å². The van der Waals surface area contributed by atoms with Gasteiger partial charge in [-0.2, -0.15) is 0 Å². The summed E-state index contributed by atoms with van der Waals surface area (Å²) in [6, 6.07) is 15.6. The molecule has 0 aliphatic heterocycles. The molecular formula is C22H20Cl2N2O4. The van der Waals surface area contributed by atoms with Gasteiger partial charge in [-0.3, -0.25) is 10.1 Å². The van der Waals surface area contributed by atoms with Crippen molar-refractivity contribution in [3.05, 3.63) is 91.4 Å². The Morgan fingerprint density at radius 2 is 1.73 bits per heavy atom. The number of anilines is 1. The summed E-state index contributed by atoms with van der Waals surface area (Å²) in [5, 5.41) is 15.2. The van der Waals surface area contributed by atoms with Crippen LogP contribution in [0.5, 0.6) is 11.5 Å². The first kappa shape index (κ1) is 21.7. The second-order valence-corrected chi connectivity index (χ2v) is 7.45. The third-order valence-corrected chi connectivity index (χ3v) is 5.18.